The Bertz CT molecular complexity index is 769. The van der Waals surface area contributed by atoms with E-state index < -0.39 is 0 Å². The van der Waals surface area contributed by atoms with Gasteiger partial charge in [0, 0.05) is 63.1 Å². The molecule has 140 valence electrons. The van der Waals surface area contributed by atoms with E-state index in [2.05, 4.69) is 38.6 Å². The van der Waals surface area contributed by atoms with Crippen LogP contribution >= 0.6 is 12.4 Å². The normalized spacial score (nSPS) is 16.1. The molecular weight excluding hydrogens is 350 g/mol. The third-order valence-corrected chi connectivity index (χ3v) is 5.20. The Morgan fingerprint density at radius 3 is 2.85 bits per heavy atom. The van der Waals surface area contributed by atoms with Crippen molar-refractivity contribution in [3.05, 3.63) is 46.8 Å². The fourth-order valence-corrected chi connectivity index (χ4v) is 3.82. The molecule has 1 aromatic carbocycles. The Morgan fingerprint density at radius 1 is 1.27 bits per heavy atom. The van der Waals surface area contributed by atoms with Gasteiger partial charge in [-0.25, -0.2) is 0 Å². The summed E-state index contributed by atoms with van der Waals surface area (Å²) in [7, 11) is 1.86. The molecule has 6 nitrogen and oxygen atoms in total. The van der Waals surface area contributed by atoms with Crippen molar-refractivity contribution in [2.24, 2.45) is 0 Å². The molecule has 0 atom stereocenters. The largest absolute Gasteiger partial charge is 0.371 e. The summed E-state index contributed by atoms with van der Waals surface area (Å²) < 4.78 is 0. The van der Waals surface area contributed by atoms with E-state index >= 15 is 0 Å². The monoisotopic (exact) mass is 375 g/mol. The predicted octanol–water partition coefficient (Wildman–Crippen LogP) is 2.35. The highest BCUT2D eigenvalue weighted by Gasteiger charge is 2.25. The molecule has 1 amide bonds. The van der Waals surface area contributed by atoms with Gasteiger partial charge in [0.1, 0.15) is 0 Å². The predicted molar refractivity (Wildman–Crippen MR) is 105 cm³/mol. The number of para-hydroxylation sites is 1. The number of benzene rings is 1. The lowest BCUT2D eigenvalue weighted by Gasteiger charge is -2.24. The van der Waals surface area contributed by atoms with Gasteiger partial charge in [-0.05, 0) is 24.5 Å². The molecule has 3 heterocycles. The summed E-state index contributed by atoms with van der Waals surface area (Å²) in [6, 6.07) is 8.42. The van der Waals surface area contributed by atoms with Crippen LogP contribution in [0.25, 0.3) is 0 Å². The van der Waals surface area contributed by atoms with Crippen LogP contribution in [0.2, 0.25) is 0 Å². The van der Waals surface area contributed by atoms with Crippen LogP contribution in [0.3, 0.4) is 0 Å². The highest BCUT2D eigenvalue weighted by atomic mass is 35.5. The van der Waals surface area contributed by atoms with E-state index in [-0.39, 0.29) is 18.3 Å². The topological polar surface area (TPSA) is 64.3 Å². The highest BCUT2D eigenvalue weighted by Crippen LogP contribution is 2.26. The van der Waals surface area contributed by atoms with Crippen LogP contribution in [-0.4, -0.2) is 47.7 Å². The highest BCUT2D eigenvalue weighted by molar-refractivity contribution is 5.94. The van der Waals surface area contributed by atoms with Crippen molar-refractivity contribution < 1.29 is 4.79 Å². The Hall–Kier alpha value is -2.05. The number of fused-ring (bicyclic) bond motifs is 1. The molecule has 2 aliphatic rings. The van der Waals surface area contributed by atoms with E-state index in [1.165, 1.54) is 24.1 Å². The lowest BCUT2D eigenvalue weighted by atomic mass is 10.1. The van der Waals surface area contributed by atoms with Gasteiger partial charge in [-0.2, -0.15) is 5.10 Å². The zero-order valence-electron chi connectivity index (χ0n) is 15.1. The molecule has 0 unspecified atom stereocenters. The lowest BCUT2D eigenvalue weighted by Crippen LogP contribution is -2.30. The van der Waals surface area contributed by atoms with Gasteiger partial charge >= 0.3 is 0 Å². The van der Waals surface area contributed by atoms with Gasteiger partial charge in [0.2, 0.25) is 0 Å². The maximum Gasteiger partial charge on any atom is 0.274 e. The van der Waals surface area contributed by atoms with Crippen LogP contribution in [0.5, 0.6) is 0 Å². The van der Waals surface area contributed by atoms with Crippen molar-refractivity contribution >= 4 is 24.0 Å². The number of H-pyrrole nitrogens is 1. The second kappa shape index (κ2) is 8.10. The van der Waals surface area contributed by atoms with Crippen molar-refractivity contribution in [2.75, 3.05) is 31.6 Å². The molecule has 0 aliphatic carbocycles. The van der Waals surface area contributed by atoms with Crippen molar-refractivity contribution in [3.63, 3.8) is 0 Å². The molecule has 0 saturated carbocycles. The van der Waals surface area contributed by atoms with Gasteiger partial charge in [0.05, 0.1) is 0 Å². The number of carbonyl (C=O) groups excluding carboxylic acids is 1. The van der Waals surface area contributed by atoms with Gasteiger partial charge in [-0.1, -0.05) is 18.2 Å². The van der Waals surface area contributed by atoms with Gasteiger partial charge in [-0.3, -0.25) is 9.89 Å². The molecule has 2 N–H and O–H groups in total. The maximum absolute atomic E-state index is 12.9. The molecule has 0 bridgehead atoms. The summed E-state index contributed by atoms with van der Waals surface area (Å²) in [6.07, 6.45) is 3.39. The zero-order valence-corrected chi connectivity index (χ0v) is 15.9. The number of hydrogen-bond acceptors (Lipinski definition) is 4. The molecule has 26 heavy (non-hydrogen) atoms. The van der Waals surface area contributed by atoms with Crippen LogP contribution in [0, 0.1) is 0 Å². The molecule has 2 aliphatic heterocycles. The van der Waals surface area contributed by atoms with Crippen LogP contribution in [0.4, 0.5) is 5.69 Å². The second-order valence-corrected chi connectivity index (χ2v) is 6.94. The first-order valence-electron chi connectivity index (χ1n) is 9.09. The molecule has 1 saturated heterocycles. The Kier molecular flexibility index (Phi) is 5.84. The first-order chi connectivity index (χ1) is 12.2. The Labute approximate surface area is 160 Å². The standard InChI is InChI=1S/C19H25N5O.ClH/c1-23(19(25)18-15-12-20-9-8-16(15)21-22-18)13-14-6-2-3-7-17(14)24-10-4-5-11-24;/h2-3,6-7,20H,4-5,8-13H2,1H3,(H,21,22);1H. The minimum Gasteiger partial charge on any atom is -0.371 e. The van der Waals surface area contributed by atoms with Gasteiger partial charge in [0.25, 0.3) is 5.91 Å². The first kappa shape index (κ1) is 18.7. The number of anilines is 1. The lowest BCUT2D eigenvalue weighted by molar-refractivity contribution is 0.0778. The third-order valence-electron chi connectivity index (χ3n) is 5.20. The number of hydrogen-bond donors (Lipinski definition) is 2. The molecular formula is C19H26ClN5O. The Morgan fingerprint density at radius 2 is 2.04 bits per heavy atom. The fourth-order valence-electron chi connectivity index (χ4n) is 3.82. The summed E-state index contributed by atoms with van der Waals surface area (Å²) in [5.74, 6) is -0.0163. The smallest absolute Gasteiger partial charge is 0.274 e. The van der Waals surface area contributed by atoms with Crippen molar-refractivity contribution in [1.29, 1.82) is 0 Å². The molecule has 2 aromatic rings. The molecule has 7 heteroatoms. The van der Waals surface area contributed by atoms with Gasteiger partial charge in [-0.15, -0.1) is 12.4 Å². The minimum absolute atomic E-state index is 0. The number of carbonyl (C=O) groups is 1. The SMILES string of the molecule is CN(Cc1ccccc1N1CCCC1)C(=O)c1n[nH]c2c1CNCC2.Cl. The second-order valence-electron chi connectivity index (χ2n) is 6.94. The van der Waals surface area contributed by atoms with Crippen LogP contribution in [0.15, 0.2) is 24.3 Å². The first-order valence-corrected chi connectivity index (χ1v) is 9.09. The van der Waals surface area contributed by atoms with Crippen LogP contribution in [0.1, 0.15) is 40.2 Å². The molecule has 1 fully saturated rings. The van der Waals surface area contributed by atoms with E-state index in [9.17, 15) is 4.79 Å². The van der Waals surface area contributed by atoms with E-state index in [4.69, 9.17) is 0 Å². The van der Waals surface area contributed by atoms with Crippen LogP contribution < -0.4 is 10.2 Å². The number of aromatic nitrogens is 2. The van der Waals surface area contributed by atoms with Gasteiger partial charge < -0.3 is 15.1 Å². The number of halogens is 1. The van der Waals surface area contributed by atoms with E-state index in [0.29, 0.717) is 18.8 Å². The molecule has 1 aromatic heterocycles. The fraction of sp³-hybridized carbons (Fsp3) is 0.474. The maximum atomic E-state index is 12.9. The van der Waals surface area contributed by atoms with Crippen molar-refractivity contribution in [3.8, 4) is 0 Å². The summed E-state index contributed by atoms with van der Waals surface area (Å²) in [5, 5.41) is 10.6. The Balaban J connectivity index is 0.00000196. The summed E-state index contributed by atoms with van der Waals surface area (Å²) in [4.78, 5) is 17.1. The number of nitrogens with one attached hydrogen (secondary N) is 2. The van der Waals surface area contributed by atoms with Crippen molar-refractivity contribution in [2.45, 2.75) is 32.4 Å². The quantitative estimate of drug-likeness (QED) is 0.861. The third kappa shape index (κ3) is 3.57. The summed E-state index contributed by atoms with van der Waals surface area (Å²) >= 11 is 0. The number of aromatic amines is 1. The average Bonchev–Trinajstić information content (AvgIpc) is 3.31. The van der Waals surface area contributed by atoms with E-state index in [1.54, 1.807) is 4.90 Å². The molecule has 0 radical (unpaired) electrons. The summed E-state index contributed by atoms with van der Waals surface area (Å²) in [6.45, 7) is 4.45. The van der Waals surface area contributed by atoms with Crippen molar-refractivity contribution in [1.82, 2.24) is 20.4 Å². The van der Waals surface area contributed by atoms with E-state index in [1.807, 2.05) is 13.1 Å². The minimum atomic E-state index is -0.0163. The molecule has 0 spiro atoms. The number of amides is 1. The average molecular weight is 376 g/mol. The molecule has 4 rings (SSSR count). The van der Waals surface area contributed by atoms with E-state index in [0.717, 1.165) is 37.3 Å². The van der Waals surface area contributed by atoms with Crippen LogP contribution in [-0.2, 0) is 19.5 Å². The number of nitrogens with zero attached hydrogens (tertiary/aromatic N) is 3. The van der Waals surface area contributed by atoms with Gasteiger partial charge in [0.15, 0.2) is 5.69 Å². The zero-order chi connectivity index (χ0) is 17.2. The number of rotatable bonds is 4. The summed E-state index contributed by atoms with van der Waals surface area (Å²) in [5.41, 5.74) is 5.13.